The number of nitrogens with zero attached hydrogens (tertiary/aromatic N) is 3. The number of nitrogens with one attached hydrogen (secondary N) is 1. The Hall–Kier alpha value is -2.96. The molecule has 1 aromatic carbocycles. The van der Waals surface area contributed by atoms with E-state index < -0.39 is 0 Å². The molecule has 4 saturated carbocycles. The number of para-hydroxylation sites is 1. The van der Waals surface area contributed by atoms with Crippen molar-refractivity contribution in [1.29, 1.82) is 0 Å². The van der Waals surface area contributed by atoms with Gasteiger partial charge in [0.15, 0.2) is 0 Å². The monoisotopic (exact) mass is 504 g/mol. The highest BCUT2D eigenvalue weighted by atomic mass is 16.5. The van der Waals surface area contributed by atoms with E-state index in [-0.39, 0.29) is 30.1 Å². The molecule has 7 rings (SSSR count). The minimum atomic E-state index is -0.248. The van der Waals surface area contributed by atoms with Crippen molar-refractivity contribution in [3.63, 3.8) is 0 Å². The molecule has 7 heteroatoms. The predicted molar refractivity (Wildman–Crippen MR) is 142 cm³/mol. The molecule has 1 atom stereocenters. The van der Waals surface area contributed by atoms with E-state index in [4.69, 9.17) is 4.74 Å². The highest BCUT2D eigenvalue weighted by Gasteiger charge is 2.52. The zero-order chi connectivity index (χ0) is 25.6. The number of carbonyl (C=O) groups is 2. The van der Waals surface area contributed by atoms with Gasteiger partial charge >= 0.3 is 6.03 Å². The van der Waals surface area contributed by atoms with Gasteiger partial charge in [-0.15, -0.1) is 0 Å². The van der Waals surface area contributed by atoms with E-state index in [1.165, 1.54) is 19.3 Å². The Balaban J connectivity index is 1.22. The third-order valence-electron chi connectivity index (χ3n) is 9.31. The molecular formula is C30H40N4O3. The lowest BCUT2D eigenvalue weighted by Gasteiger charge is -2.57. The summed E-state index contributed by atoms with van der Waals surface area (Å²) in [5.41, 5.74) is 1.98. The molecular weight excluding hydrogens is 464 g/mol. The number of rotatable bonds is 7. The topological polar surface area (TPSA) is 66.8 Å². The normalized spacial score (nSPS) is 29.6. The molecule has 1 unspecified atom stereocenters. The first-order valence-corrected chi connectivity index (χ1v) is 14.1. The van der Waals surface area contributed by atoms with Crippen LogP contribution < -0.4 is 10.1 Å². The Morgan fingerprint density at radius 1 is 1.03 bits per heavy atom. The summed E-state index contributed by atoms with van der Waals surface area (Å²) in [5, 5.41) is 3.48. The Labute approximate surface area is 220 Å². The molecule has 37 heavy (non-hydrogen) atoms. The van der Waals surface area contributed by atoms with Crippen LogP contribution in [0, 0.1) is 17.8 Å². The summed E-state index contributed by atoms with van der Waals surface area (Å²) < 4.78 is 7.90. The highest BCUT2D eigenvalue weighted by Crippen LogP contribution is 2.55. The molecule has 4 aliphatic carbocycles. The van der Waals surface area contributed by atoms with Crippen LogP contribution >= 0.6 is 0 Å². The zero-order valence-electron chi connectivity index (χ0n) is 22.2. The number of fused-ring (bicyclic) bond motifs is 1. The van der Waals surface area contributed by atoms with Gasteiger partial charge in [-0.3, -0.25) is 4.79 Å². The Morgan fingerprint density at radius 2 is 1.73 bits per heavy atom. The second-order valence-corrected chi connectivity index (χ2v) is 11.9. The van der Waals surface area contributed by atoms with Gasteiger partial charge in [0.25, 0.3) is 0 Å². The molecule has 0 spiro atoms. The second-order valence-electron chi connectivity index (χ2n) is 11.9. The van der Waals surface area contributed by atoms with Crippen molar-refractivity contribution in [2.75, 3.05) is 26.7 Å². The quantitative estimate of drug-likeness (QED) is 0.588. The molecule has 4 fully saturated rings. The molecule has 0 saturated heterocycles. The number of amides is 3. The van der Waals surface area contributed by atoms with Crippen molar-refractivity contribution in [3.8, 4) is 5.75 Å². The summed E-state index contributed by atoms with van der Waals surface area (Å²) in [6.45, 7) is 4.08. The molecule has 1 N–H and O–H groups in total. The fraction of sp³-hybridized carbons (Fsp3) is 0.600. The van der Waals surface area contributed by atoms with E-state index >= 15 is 0 Å². The van der Waals surface area contributed by atoms with Crippen LogP contribution in [0.2, 0.25) is 0 Å². The summed E-state index contributed by atoms with van der Waals surface area (Å²) in [7, 11) is 1.67. The Kier molecular flexibility index (Phi) is 6.41. The average Bonchev–Trinajstić information content (AvgIpc) is 3.35. The van der Waals surface area contributed by atoms with Crippen LogP contribution in [-0.4, -0.2) is 58.6 Å². The summed E-state index contributed by atoms with van der Waals surface area (Å²) in [5.74, 6) is 3.04. The number of hydrogen-bond donors (Lipinski definition) is 1. The number of ether oxygens (including phenoxy) is 1. The van der Waals surface area contributed by atoms with Crippen LogP contribution in [0.5, 0.6) is 5.75 Å². The van der Waals surface area contributed by atoms with E-state index in [9.17, 15) is 9.59 Å². The molecule has 1 aromatic heterocycles. The lowest BCUT2D eigenvalue weighted by atomic mass is 9.53. The molecule has 3 amide bonds. The van der Waals surface area contributed by atoms with E-state index in [1.807, 2.05) is 35.2 Å². The number of methoxy groups -OCH3 is 1. The fourth-order valence-corrected chi connectivity index (χ4v) is 8.22. The molecule has 2 aromatic rings. The zero-order valence-corrected chi connectivity index (χ0v) is 22.2. The fourth-order valence-electron chi connectivity index (χ4n) is 8.22. The molecule has 5 aliphatic rings. The van der Waals surface area contributed by atoms with Crippen molar-refractivity contribution in [2.45, 2.75) is 70.0 Å². The Bertz CT molecular complexity index is 1120. The van der Waals surface area contributed by atoms with Gasteiger partial charge in [-0.1, -0.05) is 25.1 Å². The maximum Gasteiger partial charge on any atom is 0.318 e. The van der Waals surface area contributed by atoms with Crippen LogP contribution in [0.3, 0.4) is 0 Å². The van der Waals surface area contributed by atoms with Crippen LogP contribution in [-0.2, 0) is 11.3 Å². The van der Waals surface area contributed by atoms with Crippen LogP contribution in [0.25, 0.3) is 0 Å². The minimum Gasteiger partial charge on any atom is -0.496 e. The van der Waals surface area contributed by atoms with E-state index in [0.717, 1.165) is 67.0 Å². The smallest absolute Gasteiger partial charge is 0.318 e. The molecule has 4 bridgehead atoms. The molecule has 1 aliphatic heterocycles. The van der Waals surface area contributed by atoms with Crippen molar-refractivity contribution < 1.29 is 14.3 Å². The first kappa shape index (κ1) is 24.4. The Morgan fingerprint density at radius 3 is 2.41 bits per heavy atom. The molecule has 0 radical (unpaired) electrons. The molecule has 2 heterocycles. The van der Waals surface area contributed by atoms with Crippen molar-refractivity contribution in [1.82, 2.24) is 19.7 Å². The number of hydrogen-bond acceptors (Lipinski definition) is 3. The summed E-state index contributed by atoms with van der Waals surface area (Å²) in [6.07, 6.45) is 10.2. The van der Waals surface area contributed by atoms with Crippen LogP contribution in [0.1, 0.15) is 69.2 Å². The van der Waals surface area contributed by atoms with E-state index in [1.54, 1.807) is 12.0 Å². The third-order valence-corrected chi connectivity index (χ3v) is 9.31. The molecule has 198 valence electrons. The third kappa shape index (κ3) is 4.51. The van der Waals surface area contributed by atoms with Gasteiger partial charge in [-0.25, -0.2) is 4.79 Å². The maximum absolute atomic E-state index is 13.9. The van der Waals surface area contributed by atoms with Crippen molar-refractivity contribution in [3.05, 3.63) is 53.9 Å². The maximum atomic E-state index is 13.9. The van der Waals surface area contributed by atoms with Crippen LogP contribution in [0.4, 0.5) is 4.79 Å². The number of benzene rings is 1. The van der Waals surface area contributed by atoms with Gasteiger partial charge in [0.05, 0.1) is 7.11 Å². The van der Waals surface area contributed by atoms with Gasteiger partial charge in [0.2, 0.25) is 5.91 Å². The predicted octanol–water partition coefficient (Wildman–Crippen LogP) is 4.82. The second kappa shape index (κ2) is 9.73. The van der Waals surface area contributed by atoms with Crippen LogP contribution in [0.15, 0.2) is 42.6 Å². The van der Waals surface area contributed by atoms with Gasteiger partial charge in [-0.2, -0.15) is 0 Å². The summed E-state index contributed by atoms with van der Waals surface area (Å²) in [6, 6.07) is 11.7. The number of urea groups is 1. The number of carbonyl (C=O) groups excluding carboxylic acids is 2. The first-order chi connectivity index (χ1) is 18.0. The minimum absolute atomic E-state index is 0.0162. The van der Waals surface area contributed by atoms with Gasteiger partial charge in [-0.05, 0) is 80.9 Å². The first-order valence-electron chi connectivity index (χ1n) is 14.1. The SMILES string of the molecule is CCCN(CC(=O)N1CCn2cccc2C1c1ccccc1OC)C(=O)NC12CC3CC(CC(C3)C1)C2. The van der Waals surface area contributed by atoms with E-state index in [2.05, 4.69) is 29.1 Å². The summed E-state index contributed by atoms with van der Waals surface area (Å²) in [4.78, 5) is 31.3. The van der Waals surface area contributed by atoms with Crippen molar-refractivity contribution in [2.24, 2.45) is 17.8 Å². The van der Waals surface area contributed by atoms with Gasteiger partial charge in [0.1, 0.15) is 18.3 Å². The lowest BCUT2D eigenvalue weighted by molar-refractivity contribution is -0.134. The standard InChI is InChI=1S/C30H40N4O3/c1-3-10-33(29(36)31-30-17-21-14-22(18-30)16-23(15-21)19-30)20-27(35)34-13-12-32-11-6-8-25(32)28(34)24-7-4-5-9-26(24)37-2/h4-9,11,21-23,28H,3,10,12-20H2,1-2H3,(H,31,36). The lowest BCUT2D eigenvalue weighted by Crippen LogP contribution is -2.62. The van der Waals surface area contributed by atoms with Gasteiger partial charge in [0, 0.05) is 42.6 Å². The number of aromatic nitrogens is 1. The molecule has 7 nitrogen and oxygen atoms in total. The average molecular weight is 505 g/mol. The highest BCUT2D eigenvalue weighted by molar-refractivity contribution is 5.85. The van der Waals surface area contributed by atoms with Gasteiger partial charge < -0.3 is 24.4 Å². The largest absolute Gasteiger partial charge is 0.496 e. The summed E-state index contributed by atoms with van der Waals surface area (Å²) >= 11 is 0. The van der Waals surface area contributed by atoms with Crippen molar-refractivity contribution >= 4 is 11.9 Å². The van der Waals surface area contributed by atoms with E-state index in [0.29, 0.717) is 13.1 Å².